The van der Waals surface area contributed by atoms with E-state index < -0.39 is 0 Å². The minimum Gasteiger partial charge on any atom is -0.338 e. The average Bonchev–Trinajstić information content (AvgIpc) is 3.15. The Kier molecular flexibility index (Phi) is 5.22. The van der Waals surface area contributed by atoms with Crippen LogP contribution in [0.4, 0.5) is 11.5 Å². The highest BCUT2D eigenvalue weighted by molar-refractivity contribution is 6.41. The van der Waals surface area contributed by atoms with Crippen LogP contribution in [0.1, 0.15) is 5.82 Å². The molecule has 0 bridgehead atoms. The minimum absolute atomic E-state index is 0.407. The zero-order chi connectivity index (χ0) is 19.7. The number of aryl methyl sites for hydroxylation is 1. The van der Waals surface area contributed by atoms with Gasteiger partial charge < -0.3 is 5.32 Å². The molecular weight excluding hydrogens is 417 g/mol. The number of halogens is 3. The van der Waals surface area contributed by atoms with Gasteiger partial charge in [0.15, 0.2) is 0 Å². The van der Waals surface area contributed by atoms with Gasteiger partial charge in [-0.05, 0) is 19.1 Å². The lowest BCUT2D eigenvalue weighted by atomic mass is 10.2. The lowest BCUT2D eigenvalue weighted by Gasteiger charge is -2.12. The van der Waals surface area contributed by atoms with Gasteiger partial charge in [0.1, 0.15) is 23.8 Å². The summed E-state index contributed by atoms with van der Waals surface area (Å²) in [5.41, 5.74) is 2.42. The summed E-state index contributed by atoms with van der Waals surface area (Å²) in [6.07, 6.45) is 3.64. The molecule has 0 aliphatic rings. The zero-order valence-electron chi connectivity index (χ0n) is 14.7. The highest BCUT2D eigenvalue weighted by Gasteiger charge is 2.11. The van der Waals surface area contributed by atoms with Crippen LogP contribution in [0.5, 0.6) is 0 Å². The van der Waals surface area contributed by atoms with Crippen molar-refractivity contribution in [1.82, 2.24) is 19.5 Å². The van der Waals surface area contributed by atoms with Crippen LogP contribution < -0.4 is 5.32 Å². The third-order valence-corrected chi connectivity index (χ3v) is 4.82. The zero-order valence-corrected chi connectivity index (χ0v) is 17.0. The molecular formula is C20H14Cl3N5. The van der Waals surface area contributed by atoms with E-state index in [0.29, 0.717) is 38.2 Å². The van der Waals surface area contributed by atoms with Crippen molar-refractivity contribution in [1.29, 1.82) is 0 Å². The van der Waals surface area contributed by atoms with Crippen LogP contribution in [-0.4, -0.2) is 19.5 Å². The Labute approximate surface area is 177 Å². The van der Waals surface area contributed by atoms with Crippen LogP contribution in [0.15, 0.2) is 61.1 Å². The summed E-state index contributed by atoms with van der Waals surface area (Å²) in [7, 11) is 0. The predicted molar refractivity (Wildman–Crippen MR) is 114 cm³/mol. The lowest BCUT2D eigenvalue weighted by Crippen LogP contribution is -2.03. The second-order valence-electron chi connectivity index (χ2n) is 6.06. The van der Waals surface area contributed by atoms with Crippen molar-refractivity contribution < 1.29 is 0 Å². The van der Waals surface area contributed by atoms with Gasteiger partial charge in [-0.3, -0.25) is 4.57 Å². The van der Waals surface area contributed by atoms with Gasteiger partial charge in [-0.25, -0.2) is 15.0 Å². The minimum atomic E-state index is 0.407. The van der Waals surface area contributed by atoms with Crippen molar-refractivity contribution in [3.63, 3.8) is 0 Å². The summed E-state index contributed by atoms with van der Waals surface area (Å²) in [5, 5.41) is 4.43. The van der Waals surface area contributed by atoms with Crippen molar-refractivity contribution in [2.24, 2.45) is 0 Å². The molecule has 0 saturated heterocycles. The van der Waals surface area contributed by atoms with Gasteiger partial charge in [0.2, 0.25) is 0 Å². The molecule has 28 heavy (non-hydrogen) atoms. The molecule has 0 atom stereocenters. The molecule has 0 fully saturated rings. The standard InChI is InChI=1S/C20H14Cl3N5/c1-12-25-18(27-20-15(22)7-14(21)8-16(20)23)9-19(26-12)28-10-17(24-11-28)13-5-3-2-4-6-13/h2-11H,1H3,(H,25,26,27). The number of rotatable bonds is 4. The molecule has 2 heterocycles. The van der Waals surface area contributed by atoms with Crippen LogP contribution in [0.2, 0.25) is 15.1 Å². The van der Waals surface area contributed by atoms with Gasteiger partial charge in [-0.15, -0.1) is 0 Å². The van der Waals surface area contributed by atoms with E-state index in [9.17, 15) is 0 Å². The van der Waals surface area contributed by atoms with Gasteiger partial charge in [0.25, 0.3) is 0 Å². The number of aromatic nitrogens is 4. The number of imidazole rings is 1. The van der Waals surface area contributed by atoms with Crippen LogP contribution in [-0.2, 0) is 0 Å². The third-order valence-electron chi connectivity index (χ3n) is 4.00. The lowest BCUT2D eigenvalue weighted by molar-refractivity contribution is 0.940. The van der Waals surface area contributed by atoms with Crippen molar-refractivity contribution in [2.45, 2.75) is 6.92 Å². The maximum absolute atomic E-state index is 6.26. The van der Waals surface area contributed by atoms with E-state index in [-0.39, 0.29) is 0 Å². The molecule has 5 nitrogen and oxygen atoms in total. The average molecular weight is 431 g/mol. The van der Waals surface area contributed by atoms with Crippen LogP contribution in [0.25, 0.3) is 17.1 Å². The monoisotopic (exact) mass is 429 g/mol. The van der Waals surface area contributed by atoms with Gasteiger partial charge in [0, 0.05) is 22.8 Å². The fourth-order valence-electron chi connectivity index (χ4n) is 2.74. The van der Waals surface area contributed by atoms with Crippen molar-refractivity contribution in [3.8, 4) is 17.1 Å². The molecule has 1 N–H and O–H groups in total. The molecule has 0 amide bonds. The Balaban J connectivity index is 1.68. The fourth-order valence-corrected chi connectivity index (χ4v) is 3.66. The van der Waals surface area contributed by atoms with E-state index in [4.69, 9.17) is 34.8 Å². The van der Waals surface area contributed by atoms with E-state index in [1.54, 1.807) is 24.5 Å². The number of nitrogens with zero attached hydrogens (tertiary/aromatic N) is 4. The predicted octanol–water partition coefficient (Wildman–Crippen LogP) is 6.34. The Morgan fingerprint density at radius 2 is 1.64 bits per heavy atom. The highest BCUT2D eigenvalue weighted by atomic mass is 35.5. The Morgan fingerprint density at radius 3 is 2.36 bits per heavy atom. The van der Waals surface area contributed by atoms with Gasteiger partial charge >= 0.3 is 0 Å². The van der Waals surface area contributed by atoms with Crippen LogP contribution in [0, 0.1) is 6.92 Å². The second kappa shape index (κ2) is 7.80. The van der Waals surface area contributed by atoms with E-state index in [1.807, 2.05) is 48.0 Å². The number of anilines is 2. The van der Waals surface area contributed by atoms with Gasteiger partial charge in [-0.2, -0.15) is 0 Å². The van der Waals surface area contributed by atoms with Crippen LogP contribution in [0.3, 0.4) is 0 Å². The van der Waals surface area contributed by atoms with Gasteiger partial charge in [-0.1, -0.05) is 65.1 Å². The quantitative estimate of drug-likeness (QED) is 0.410. The first-order valence-corrected chi connectivity index (χ1v) is 9.50. The summed E-state index contributed by atoms with van der Waals surface area (Å²) in [6, 6.07) is 15.0. The molecule has 0 aliphatic carbocycles. The summed E-state index contributed by atoms with van der Waals surface area (Å²) in [4.78, 5) is 13.4. The largest absolute Gasteiger partial charge is 0.338 e. The molecule has 2 aromatic carbocycles. The SMILES string of the molecule is Cc1nc(Nc2c(Cl)cc(Cl)cc2Cl)cc(-n2cnc(-c3ccccc3)c2)n1. The third kappa shape index (κ3) is 3.97. The summed E-state index contributed by atoms with van der Waals surface area (Å²) >= 11 is 18.5. The molecule has 2 aromatic heterocycles. The first-order chi connectivity index (χ1) is 13.5. The smallest absolute Gasteiger partial charge is 0.143 e. The second-order valence-corrected chi connectivity index (χ2v) is 7.31. The maximum atomic E-state index is 6.26. The number of hydrogen-bond donors (Lipinski definition) is 1. The van der Waals surface area contributed by atoms with Crippen molar-refractivity contribution in [2.75, 3.05) is 5.32 Å². The topological polar surface area (TPSA) is 55.6 Å². The first-order valence-electron chi connectivity index (χ1n) is 8.36. The molecule has 4 rings (SSSR count). The number of nitrogens with one attached hydrogen (secondary N) is 1. The molecule has 0 spiro atoms. The normalized spacial score (nSPS) is 10.9. The number of hydrogen-bond acceptors (Lipinski definition) is 4. The van der Waals surface area contributed by atoms with Crippen molar-refractivity contribution >= 4 is 46.3 Å². The molecule has 0 unspecified atom stereocenters. The molecule has 0 radical (unpaired) electrons. The molecule has 8 heteroatoms. The van der Waals surface area contributed by atoms with E-state index in [0.717, 1.165) is 11.3 Å². The molecule has 0 aliphatic heterocycles. The van der Waals surface area contributed by atoms with E-state index in [1.165, 1.54) is 0 Å². The molecule has 140 valence electrons. The van der Waals surface area contributed by atoms with Gasteiger partial charge in [0.05, 0.1) is 21.4 Å². The summed E-state index contributed by atoms with van der Waals surface area (Å²) in [6.45, 7) is 1.81. The van der Waals surface area contributed by atoms with E-state index in [2.05, 4.69) is 20.3 Å². The van der Waals surface area contributed by atoms with Crippen LogP contribution >= 0.6 is 34.8 Å². The summed E-state index contributed by atoms with van der Waals surface area (Å²) < 4.78 is 1.84. The Morgan fingerprint density at radius 1 is 0.929 bits per heavy atom. The number of benzene rings is 2. The fraction of sp³-hybridized carbons (Fsp3) is 0.0500. The Hall–Kier alpha value is -2.60. The maximum Gasteiger partial charge on any atom is 0.143 e. The molecule has 0 saturated carbocycles. The van der Waals surface area contributed by atoms with Crippen molar-refractivity contribution in [3.05, 3.63) is 81.9 Å². The molecule has 4 aromatic rings. The van der Waals surface area contributed by atoms with E-state index >= 15 is 0 Å². The first kappa shape index (κ1) is 18.7. The summed E-state index contributed by atoms with van der Waals surface area (Å²) in [5.74, 6) is 1.82. The Bertz CT molecular complexity index is 1120. The highest BCUT2D eigenvalue weighted by Crippen LogP contribution is 2.35.